The van der Waals surface area contributed by atoms with E-state index in [9.17, 15) is 8.42 Å². The minimum Gasteiger partial charge on any atom is -0.389 e. The van der Waals surface area contributed by atoms with Gasteiger partial charge in [0, 0.05) is 18.7 Å². The SMILES string of the molecule is NC(=S)c1ccc(S(=O)(=O)N2CCCCCC2)c(Cl)c1. The molecule has 4 nitrogen and oxygen atoms in total. The predicted octanol–water partition coefficient (Wildman–Crippen LogP) is 2.54. The van der Waals surface area contributed by atoms with E-state index in [1.807, 2.05) is 0 Å². The van der Waals surface area contributed by atoms with Crippen LogP contribution in [0.25, 0.3) is 0 Å². The van der Waals surface area contributed by atoms with Gasteiger partial charge in [-0.1, -0.05) is 42.7 Å². The lowest BCUT2D eigenvalue weighted by Crippen LogP contribution is -2.32. The fraction of sp³-hybridized carbons (Fsp3) is 0.462. The summed E-state index contributed by atoms with van der Waals surface area (Å²) in [6, 6.07) is 4.59. The van der Waals surface area contributed by atoms with Gasteiger partial charge < -0.3 is 5.73 Å². The molecule has 0 aliphatic carbocycles. The van der Waals surface area contributed by atoms with Crippen LogP contribution in [0.5, 0.6) is 0 Å². The number of hydrogen-bond donors (Lipinski definition) is 1. The highest BCUT2D eigenvalue weighted by Gasteiger charge is 2.27. The molecule has 0 bridgehead atoms. The Balaban J connectivity index is 2.36. The van der Waals surface area contributed by atoms with E-state index in [0.717, 1.165) is 25.7 Å². The zero-order valence-electron chi connectivity index (χ0n) is 11.0. The summed E-state index contributed by atoms with van der Waals surface area (Å²) in [6.07, 6.45) is 3.92. The fourth-order valence-electron chi connectivity index (χ4n) is 2.28. The quantitative estimate of drug-likeness (QED) is 0.864. The number of benzene rings is 1. The van der Waals surface area contributed by atoms with Gasteiger partial charge in [0.1, 0.15) is 9.88 Å². The summed E-state index contributed by atoms with van der Waals surface area (Å²) in [6.45, 7) is 1.10. The van der Waals surface area contributed by atoms with E-state index in [-0.39, 0.29) is 14.9 Å². The van der Waals surface area contributed by atoms with E-state index in [2.05, 4.69) is 0 Å². The highest BCUT2D eigenvalue weighted by atomic mass is 35.5. The van der Waals surface area contributed by atoms with E-state index >= 15 is 0 Å². The van der Waals surface area contributed by atoms with Crippen LogP contribution in [0, 0.1) is 0 Å². The molecule has 1 aromatic rings. The molecule has 1 aliphatic rings. The van der Waals surface area contributed by atoms with Crippen molar-refractivity contribution in [2.24, 2.45) is 5.73 Å². The molecule has 2 rings (SSSR count). The third-order valence-corrected chi connectivity index (χ3v) is 6.02. The fourth-order valence-corrected chi connectivity index (χ4v) is 4.45. The van der Waals surface area contributed by atoms with E-state index in [1.165, 1.54) is 16.4 Å². The first-order valence-electron chi connectivity index (χ1n) is 6.52. The van der Waals surface area contributed by atoms with Crippen LogP contribution in [0.3, 0.4) is 0 Å². The summed E-state index contributed by atoms with van der Waals surface area (Å²) in [7, 11) is -3.54. The van der Waals surface area contributed by atoms with Gasteiger partial charge in [0.25, 0.3) is 0 Å². The zero-order valence-corrected chi connectivity index (χ0v) is 13.4. The Hall–Kier alpha value is -0.690. The lowest BCUT2D eigenvalue weighted by Gasteiger charge is -2.20. The van der Waals surface area contributed by atoms with Gasteiger partial charge in [0.05, 0.1) is 5.02 Å². The molecular weight excluding hydrogens is 316 g/mol. The second kappa shape index (κ2) is 6.39. The van der Waals surface area contributed by atoms with Crippen molar-refractivity contribution in [1.29, 1.82) is 0 Å². The summed E-state index contributed by atoms with van der Waals surface area (Å²) >= 11 is 11.0. The topological polar surface area (TPSA) is 63.4 Å². The van der Waals surface area contributed by atoms with Crippen molar-refractivity contribution in [2.75, 3.05) is 13.1 Å². The van der Waals surface area contributed by atoms with Crippen LogP contribution in [0.15, 0.2) is 23.1 Å². The Labute approximate surface area is 130 Å². The molecule has 20 heavy (non-hydrogen) atoms. The molecule has 1 aromatic carbocycles. The minimum atomic E-state index is -3.54. The first kappa shape index (κ1) is 15.7. The Morgan fingerprint density at radius 2 is 1.80 bits per heavy atom. The Morgan fingerprint density at radius 1 is 1.20 bits per heavy atom. The molecule has 0 radical (unpaired) electrons. The molecule has 1 aliphatic heterocycles. The number of sulfonamides is 1. The number of hydrogen-bond acceptors (Lipinski definition) is 3. The maximum atomic E-state index is 12.6. The third-order valence-electron chi connectivity index (χ3n) is 3.40. The van der Waals surface area contributed by atoms with Crippen LogP contribution in [-0.4, -0.2) is 30.8 Å². The lowest BCUT2D eigenvalue weighted by molar-refractivity contribution is 0.424. The smallest absolute Gasteiger partial charge is 0.244 e. The van der Waals surface area contributed by atoms with Crippen LogP contribution >= 0.6 is 23.8 Å². The number of thiocarbonyl (C=S) groups is 1. The van der Waals surface area contributed by atoms with E-state index in [1.54, 1.807) is 6.07 Å². The summed E-state index contributed by atoms with van der Waals surface area (Å²) in [5.41, 5.74) is 6.09. The van der Waals surface area contributed by atoms with Gasteiger partial charge in [-0.2, -0.15) is 4.31 Å². The molecule has 0 saturated carbocycles. The van der Waals surface area contributed by atoms with Crippen LogP contribution in [-0.2, 0) is 10.0 Å². The Morgan fingerprint density at radius 3 is 2.30 bits per heavy atom. The average Bonchev–Trinajstić information content (AvgIpc) is 2.67. The van der Waals surface area contributed by atoms with Crippen molar-refractivity contribution in [3.8, 4) is 0 Å². The van der Waals surface area contributed by atoms with Crippen molar-refractivity contribution in [2.45, 2.75) is 30.6 Å². The third kappa shape index (κ3) is 3.31. The van der Waals surface area contributed by atoms with Crippen LogP contribution < -0.4 is 5.73 Å². The molecular formula is C13H17ClN2O2S2. The molecule has 0 atom stereocenters. The maximum Gasteiger partial charge on any atom is 0.244 e. The first-order chi connectivity index (χ1) is 9.43. The Kier molecular flexibility index (Phi) is 5.01. The molecule has 0 spiro atoms. The molecule has 2 N–H and O–H groups in total. The van der Waals surface area contributed by atoms with Crippen LogP contribution in [0.1, 0.15) is 31.2 Å². The lowest BCUT2D eigenvalue weighted by atomic mass is 10.2. The van der Waals surface area contributed by atoms with Crippen molar-refractivity contribution >= 4 is 38.8 Å². The summed E-state index contributed by atoms with van der Waals surface area (Å²) in [5, 5.41) is 0.166. The van der Waals surface area contributed by atoms with Gasteiger partial charge in [-0.15, -0.1) is 0 Å². The summed E-state index contributed by atoms with van der Waals surface area (Å²) < 4.78 is 26.8. The monoisotopic (exact) mass is 332 g/mol. The van der Waals surface area contributed by atoms with Gasteiger partial charge in [0.2, 0.25) is 10.0 Å². The van der Waals surface area contributed by atoms with Crippen LogP contribution in [0.2, 0.25) is 5.02 Å². The highest BCUT2D eigenvalue weighted by Crippen LogP contribution is 2.27. The second-order valence-electron chi connectivity index (χ2n) is 4.83. The molecule has 1 saturated heterocycles. The summed E-state index contributed by atoms with van der Waals surface area (Å²) in [4.78, 5) is 0.326. The normalized spacial score (nSPS) is 17.6. The predicted molar refractivity (Wildman–Crippen MR) is 84.6 cm³/mol. The second-order valence-corrected chi connectivity index (χ2v) is 7.58. The largest absolute Gasteiger partial charge is 0.389 e. The van der Waals surface area contributed by atoms with Gasteiger partial charge in [-0.25, -0.2) is 8.42 Å². The van der Waals surface area contributed by atoms with Gasteiger partial charge in [-0.05, 0) is 25.0 Å². The summed E-state index contributed by atoms with van der Waals surface area (Å²) in [5.74, 6) is 0. The molecule has 0 aromatic heterocycles. The van der Waals surface area contributed by atoms with Gasteiger partial charge in [0.15, 0.2) is 0 Å². The van der Waals surface area contributed by atoms with Gasteiger partial charge in [-0.3, -0.25) is 0 Å². The van der Waals surface area contributed by atoms with E-state index in [0.29, 0.717) is 18.7 Å². The Bertz CT molecular complexity index is 609. The van der Waals surface area contributed by atoms with Crippen molar-refractivity contribution in [1.82, 2.24) is 4.31 Å². The number of halogens is 1. The van der Waals surface area contributed by atoms with Crippen molar-refractivity contribution < 1.29 is 8.42 Å². The molecule has 0 amide bonds. The molecule has 110 valence electrons. The van der Waals surface area contributed by atoms with E-state index < -0.39 is 10.0 Å². The zero-order chi connectivity index (χ0) is 14.8. The average molecular weight is 333 g/mol. The maximum absolute atomic E-state index is 12.6. The molecule has 1 fully saturated rings. The number of nitrogens with two attached hydrogens (primary N) is 1. The highest BCUT2D eigenvalue weighted by molar-refractivity contribution is 7.89. The first-order valence-corrected chi connectivity index (χ1v) is 8.75. The minimum absolute atomic E-state index is 0.126. The molecule has 7 heteroatoms. The number of nitrogens with zero attached hydrogens (tertiary/aromatic N) is 1. The standard InChI is InChI=1S/C13H17ClN2O2S2/c14-11-9-10(13(15)19)5-6-12(11)20(17,18)16-7-3-1-2-4-8-16/h5-6,9H,1-4,7-8H2,(H2,15,19). The van der Waals surface area contributed by atoms with Crippen LogP contribution in [0.4, 0.5) is 0 Å². The van der Waals surface area contributed by atoms with Crippen molar-refractivity contribution in [3.05, 3.63) is 28.8 Å². The number of rotatable bonds is 3. The molecule has 0 unspecified atom stereocenters. The van der Waals surface area contributed by atoms with E-state index in [4.69, 9.17) is 29.6 Å². The molecule has 1 heterocycles. The van der Waals surface area contributed by atoms with Crippen molar-refractivity contribution in [3.63, 3.8) is 0 Å². The van der Waals surface area contributed by atoms with Gasteiger partial charge >= 0.3 is 0 Å².